The molecule has 3 aromatic rings. The number of nitrogens with zero attached hydrogens (tertiary/aromatic N) is 1. The largest absolute Gasteiger partial charge is 0.372 e. The zero-order valence-electron chi connectivity index (χ0n) is 17.1. The summed E-state index contributed by atoms with van der Waals surface area (Å²) in [5.41, 5.74) is 3.41. The van der Waals surface area contributed by atoms with Crippen molar-refractivity contribution in [2.45, 2.75) is 23.6 Å². The molecule has 2 amide bonds. The van der Waals surface area contributed by atoms with E-state index in [1.54, 1.807) is 61.8 Å². The van der Waals surface area contributed by atoms with Gasteiger partial charge in [0.25, 0.3) is 0 Å². The van der Waals surface area contributed by atoms with Crippen LogP contribution in [0, 0.1) is 13.8 Å². The molecule has 0 atom stereocenters. The molecule has 0 heterocycles. The van der Waals surface area contributed by atoms with Crippen LogP contribution in [-0.2, 0) is 28.8 Å². The minimum atomic E-state index is -4.42. The van der Waals surface area contributed by atoms with Gasteiger partial charge in [0.15, 0.2) is 0 Å². The Bertz CT molecular complexity index is 1290. The van der Waals surface area contributed by atoms with E-state index in [1.165, 1.54) is 36.4 Å². The van der Waals surface area contributed by atoms with Gasteiger partial charge in [0.2, 0.25) is 0 Å². The van der Waals surface area contributed by atoms with E-state index in [4.69, 9.17) is 4.28 Å². The van der Waals surface area contributed by atoms with Crippen molar-refractivity contribution in [2.24, 2.45) is 0 Å². The molecule has 0 radical (unpaired) electrons. The Kier molecular flexibility index (Phi) is 6.94. The molecule has 0 saturated heterocycles. The van der Waals surface area contributed by atoms with Crippen LogP contribution >= 0.6 is 0 Å². The van der Waals surface area contributed by atoms with Crippen LogP contribution in [0.4, 0.5) is 10.5 Å². The first kappa shape index (κ1) is 23.4. The van der Waals surface area contributed by atoms with Crippen LogP contribution in [0.1, 0.15) is 11.1 Å². The van der Waals surface area contributed by atoms with Crippen molar-refractivity contribution in [1.82, 2.24) is 5.48 Å². The molecule has 0 aliphatic carbocycles. The monoisotopic (exact) mass is 476 g/mol. The molecule has 3 aromatic carbocycles. The Labute approximate surface area is 186 Å². The van der Waals surface area contributed by atoms with Gasteiger partial charge in [-0.15, -0.1) is 8.57 Å². The van der Waals surface area contributed by atoms with Gasteiger partial charge in [-0.05, 0) is 50.2 Å². The zero-order valence-corrected chi connectivity index (χ0v) is 18.8. The van der Waals surface area contributed by atoms with Crippen LogP contribution in [0.3, 0.4) is 0 Å². The number of benzene rings is 3. The lowest BCUT2D eigenvalue weighted by Crippen LogP contribution is -2.42. The highest BCUT2D eigenvalue weighted by molar-refractivity contribution is 7.87. The van der Waals surface area contributed by atoms with Gasteiger partial charge in [0.05, 0.1) is 15.5 Å². The molecule has 32 heavy (non-hydrogen) atoms. The third kappa shape index (κ3) is 5.71. The molecule has 0 aliphatic rings. The average Bonchev–Trinajstić information content (AvgIpc) is 2.77. The molecule has 168 valence electrons. The van der Waals surface area contributed by atoms with E-state index in [9.17, 15) is 21.6 Å². The lowest BCUT2D eigenvalue weighted by atomic mass is 10.2. The number of nitrogens with one attached hydrogen (secondary N) is 1. The topological polar surface area (TPSA) is 119 Å². The average molecular weight is 477 g/mol. The number of rotatable bonds is 7. The van der Waals surface area contributed by atoms with E-state index < -0.39 is 26.3 Å². The molecule has 0 bridgehead atoms. The molecule has 0 spiro atoms. The van der Waals surface area contributed by atoms with E-state index in [0.717, 1.165) is 11.1 Å². The second-order valence-electron chi connectivity index (χ2n) is 6.73. The van der Waals surface area contributed by atoms with E-state index >= 15 is 0 Å². The summed E-state index contributed by atoms with van der Waals surface area (Å²) in [6.45, 7) is 3.56. The summed E-state index contributed by atoms with van der Waals surface area (Å²) in [7, 11) is -8.77. The van der Waals surface area contributed by atoms with Crippen molar-refractivity contribution >= 4 is 32.0 Å². The Morgan fingerprint density at radius 3 is 1.69 bits per heavy atom. The summed E-state index contributed by atoms with van der Waals surface area (Å²) in [4.78, 5) is 12.3. The van der Waals surface area contributed by atoms with E-state index in [1.807, 2.05) is 0 Å². The minimum Gasteiger partial charge on any atom is -0.243 e. The summed E-state index contributed by atoms with van der Waals surface area (Å²) in [5.74, 6) is 0. The van der Waals surface area contributed by atoms with E-state index in [0.29, 0.717) is 5.06 Å². The number of urea groups is 1. The van der Waals surface area contributed by atoms with Crippen molar-refractivity contribution in [3.8, 4) is 0 Å². The minimum absolute atomic E-state index is 0.0250. The number of aryl methyl sites for hydroxylation is 2. The Balaban J connectivity index is 1.83. The molecule has 9 nitrogen and oxygen atoms in total. The van der Waals surface area contributed by atoms with E-state index in [2.05, 4.69) is 4.28 Å². The van der Waals surface area contributed by atoms with E-state index in [-0.39, 0.29) is 15.5 Å². The number of hydrogen-bond acceptors (Lipinski definition) is 7. The lowest BCUT2D eigenvalue weighted by Gasteiger charge is -2.21. The van der Waals surface area contributed by atoms with Crippen LogP contribution < -0.4 is 10.5 Å². The van der Waals surface area contributed by atoms with Gasteiger partial charge in [-0.25, -0.2) is 4.79 Å². The van der Waals surface area contributed by atoms with Crippen molar-refractivity contribution in [3.05, 3.63) is 90.0 Å². The van der Waals surface area contributed by atoms with Crippen molar-refractivity contribution < 1.29 is 30.2 Å². The number of carbonyl (C=O) groups is 1. The molecule has 0 unspecified atom stereocenters. The van der Waals surface area contributed by atoms with Crippen LogP contribution in [0.25, 0.3) is 0 Å². The van der Waals surface area contributed by atoms with Gasteiger partial charge >= 0.3 is 26.3 Å². The molecule has 1 N–H and O–H groups in total. The van der Waals surface area contributed by atoms with Gasteiger partial charge in [-0.3, -0.25) is 0 Å². The van der Waals surface area contributed by atoms with Gasteiger partial charge < -0.3 is 0 Å². The van der Waals surface area contributed by atoms with Crippen molar-refractivity contribution in [1.29, 1.82) is 0 Å². The smallest absolute Gasteiger partial charge is 0.243 e. The predicted octanol–water partition coefficient (Wildman–Crippen LogP) is 3.46. The summed E-state index contributed by atoms with van der Waals surface area (Å²) in [6, 6.07) is 17.8. The quantitative estimate of drug-likeness (QED) is 0.519. The molecule has 0 aromatic heterocycles. The maximum absolute atomic E-state index is 12.7. The maximum atomic E-state index is 12.7. The lowest BCUT2D eigenvalue weighted by molar-refractivity contribution is 0.165. The third-order valence-electron chi connectivity index (χ3n) is 4.21. The summed E-state index contributed by atoms with van der Waals surface area (Å²) >= 11 is 0. The van der Waals surface area contributed by atoms with Crippen molar-refractivity contribution in [3.63, 3.8) is 0 Å². The molecule has 0 saturated carbocycles. The number of hydrogen-bond donors (Lipinski definition) is 1. The highest BCUT2D eigenvalue weighted by Gasteiger charge is 2.28. The number of anilines is 1. The molecular formula is C21H20N2O7S2. The Morgan fingerprint density at radius 2 is 1.19 bits per heavy atom. The summed E-state index contributed by atoms with van der Waals surface area (Å²) in [5, 5.41) is 0.389. The van der Waals surface area contributed by atoms with Crippen LogP contribution in [0.5, 0.6) is 0 Å². The Hall–Kier alpha value is -3.25. The standard InChI is InChI=1S/C21H20N2O7S2/c1-16-8-12-19(13-9-16)31(25,26)29-22-21(24)23(18-6-4-3-5-7-18)30-32(27,28)20-14-10-17(2)11-15-20/h3-15H,1-2H3,(H,22,24). The second-order valence-corrected chi connectivity index (χ2v) is 9.80. The second kappa shape index (κ2) is 9.49. The predicted molar refractivity (Wildman–Crippen MR) is 116 cm³/mol. The first-order chi connectivity index (χ1) is 15.1. The molecule has 0 fully saturated rings. The molecule has 0 aliphatic heterocycles. The number of para-hydroxylation sites is 1. The maximum Gasteiger partial charge on any atom is 0.372 e. The van der Waals surface area contributed by atoms with Gasteiger partial charge in [0, 0.05) is 0 Å². The zero-order chi connectivity index (χ0) is 23.4. The van der Waals surface area contributed by atoms with Gasteiger partial charge in [-0.1, -0.05) is 53.6 Å². The van der Waals surface area contributed by atoms with Gasteiger partial charge in [0.1, 0.15) is 0 Å². The highest BCUT2D eigenvalue weighted by Crippen LogP contribution is 2.21. The number of hydroxylamine groups is 2. The first-order valence-electron chi connectivity index (χ1n) is 9.25. The molecule has 11 heteroatoms. The number of carbonyl (C=O) groups excluding carboxylic acids is 1. The Morgan fingerprint density at radius 1 is 0.719 bits per heavy atom. The molecule has 3 rings (SSSR count). The first-order valence-corrected chi connectivity index (χ1v) is 12.1. The fraction of sp³-hybridized carbons (Fsp3) is 0.0952. The van der Waals surface area contributed by atoms with Crippen LogP contribution in [-0.4, -0.2) is 22.9 Å². The normalized spacial score (nSPS) is 11.7. The summed E-state index contributed by atoms with van der Waals surface area (Å²) in [6.07, 6.45) is 0. The van der Waals surface area contributed by atoms with Crippen LogP contribution in [0.15, 0.2) is 88.7 Å². The van der Waals surface area contributed by atoms with Crippen LogP contribution in [0.2, 0.25) is 0 Å². The summed E-state index contributed by atoms with van der Waals surface area (Å²) < 4.78 is 59.7. The van der Waals surface area contributed by atoms with Gasteiger partial charge in [-0.2, -0.15) is 27.4 Å². The molecular weight excluding hydrogens is 456 g/mol. The SMILES string of the molecule is Cc1ccc(S(=O)(=O)ONC(=O)N(OS(=O)(=O)c2ccc(C)cc2)c2ccccc2)cc1. The fourth-order valence-corrected chi connectivity index (χ4v) is 4.14. The highest BCUT2D eigenvalue weighted by atomic mass is 32.2. The van der Waals surface area contributed by atoms with Crippen molar-refractivity contribution in [2.75, 3.05) is 5.06 Å². The number of amides is 2. The third-order valence-corrected chi connectivity index (χ3v) is 6.55. The fourth-order valence-electron chi connectivity index (χ4n) is 2.49.